The van der Waals surface area contributed by atoms with E-state index in [0.717, 1.165) is 10.9 Å². The van der Waals surface area contributed by atoms with Crippen LogP contribution in [0, 0.1) is 12.8 Å². The van der Waals surface area contributed by atoms with Crippen LogP contribution in [-0.2, 0) is 11.2 Å². The summed E-state index contributed by atoms with van der Waals surface area (Å²) in [5, 5.41) is 3.85. The van der Waals surface area contributed by atoms with Crippen LogP contribution in [0.4, 0.5) is 0 Å². The van der Waals surface area contributed by atoms with E-state index >= 15 is 0 Å². The highest BCUT2D eigenvalue weighted by Crippen LogP contribution is 2.09. The third-order valence-electron chi connectivity index (χ3n) is 2.93. The minimum Gasteiger partial charge on any atom is -0.352 e. The third-order valence-corrected chi connectivity index (χ3v) is 3.63. The Morgan fingerprint density at radius 2 is 2.00 bits per heavy atom. The number of carbonyl (C=O) groups is 1. The quantitative estimate of drug-likeness (QED) is 0.832. The Kier molecular flexibility index (Phi) is 5.69. The van der Waals surface area contributed by atoms with Gasteiger partial charge in [0.2, 0.25) is 5.91 Å². The fourth-order valence-corrected chi connectivity index (χ4v) is 2.53. The van der Waals surface area contributed by atoms with E-state index in [1.807, 2.05) is 31.2 Å². The average molecular weight is 298 g/mol. The van der Waals surface area contributed by atoms with Crippen LogP contribution in [0.25, 0.3) is 0 Å². The molecule has 0 aliphatic carbocycles. The Morgan fingerprint density at radius 1 is 1.35 bits per heavy atom. The molecule has 1 amide bonds. The summed E-state index contributed by atoms with van der Waals surface area (Å²) in [6.07, 6.45) is 0.461. The number of carbonyl (C=O) groups excluding carboxylic acids is 1. The first-order chi connectivity index (χ1) is 8.04. The molecule has 3 heteroatoms. The van der Waals surface area contributed by atoms with E-state index < -0.39 is 0 Å². The number of halogens is 1. The molecule has 1 atom stereocenters. The molecule has 17 heavy (non-hydrogen) atoms. The van der Waals surface area contributed by atoms with Gasteiger partial charge in [0.1, 0.15) is 0 Å². The SMILES string of the molecule is Cc1ccccc1CC(=O)NC(CBr)C(C)C. The molecular formula is C14H20BrNO. The lowest BCUT2D eigenvalue weighted by Gasteiger charge is -2.20. The zero-order valence-electron chi connectivity index (χ0n) is 10.7. The normalized spacial score (nSPS) is 12.5. The maximum absolute atomic E-state index is 11.9. The van der Waals surface area contributed by atoms with Crippen LogP contribution in [0.1, 0.15) is 25.0 Å². The van der Waals surface area contributed by atoms with Crippen molar-refractivity contribution in [1.29, 1.82) is 0 Å². The predicted octanol–water partition coefficient (Wildman–Crippen LogP) is 3.07. The van der Waals surface area contributed by atoms with Crippen molar-refractivity contribution in [2.24, 2.45) is 5.92 Å². The van der Waals surface area contributed by atoms with Gasteiger partial charge >= 0.3 is 0 Å². The lowest BCUT2D eigenvalue weighted by atomic mass is 10.0. The molecule has 1 unspecified atom stereocenters. The number of nitrogens with one attached hydrogen (secondary N) is 1. The number of amides is 1. The molecule has 0 saturated heterocycles. The Balaban J connectivity index is 2.58. The van der Waals surface area contributed by atoms with Gasteiger partial charge in [0.05, 0.1) is 6.42 Å². The lowest BCUT2D eigenvalue weighted by molar-refractivity contribution is -0.121. The molecular weight excluding hydrogens is 278 g/mol. The maximum Gasteiger partial charge on any atom is 0.224 e. The van der Waals surface area contributed by atoms with Gasteiger partial charge in [-0.05, 0) is 24.0 Å². The van der Waals surface area contributed by atoms with E-state index in [4.69, 9.17) is 0 Å². The second kappa shape index (κ2) is 6.80. The van der Waals surface area contributed by atoms with Crippen LogP contribution < -0.4 is 5.32 Å². The Labute approximate surface area is 112 Å². The number of aryl methyl sites for hydroxylation is 1. The lowest BCUT2D eigenvalue weighted by Crippen LogP contribution is -2.40. The Morgan fingerprint density at radius 3 is 2.53 bits per heavy atom. The summed E-state index contributed by atoms with van der Waals surface area (Å²) in [6.45, 7) is 6.26. The molecule has 0 aliphatic rings. The fraction of sp³-hybridized carbons (Fsp3) is 0.500. The second-order valence-corrected chi connectivity index (χ2v) is 5.32. The van der Waals surface area contributed by atoms with Gasteiger partial charge in [0, 0.05) is 11.4 Å². The molecule has 1 N–H and O–H groups in total. The summed E-state index contributed by atoms with van der Waals surface area (Å²) in [5.74, 6) is 0.535. The van der Waals surface area contributed by atoms with Gasteiger partial charge < -0.3 is 5.32 Å². The Bertz CT molecular complexity index is 376. The van der Waals surface area contributed by atoms with Crippen molar-refractivity contribution in [2.75, 3.05) is 5.33 Å². The summed E-state index contributed by atoms with van der Waals surface area (Å²) >= 11 is 3.43. The smallest absolute Gasteiger partial charge is 0.224 e. The summed E-state index contributed by atoms with van der Waals surface area (Å²) in [5.41, 5.74) is 2.27. The summed E-state index contributed by atoms with van der Waals surface area (Å²) in [4.78, 5) is 11.9. The van der Waals surface area contributed by atoms with Gasteiger partial charge in [0.25, 0.3) is 0 Å². The summed E-state index contributed by atoms with van der Waals surface area (Å²) < 4.78 is 0. The van der Waals surface area contributed by atoms with Crippen LogP contribution in [0.2, 0.25) is 0 Å². The van der Waals surface area contributed by atoms with Gasteiger partial charge in [0.15, 0.2) is 0 Å². The number of hydrogen-bond donors (Lipinski definition) is 1. The van der Waals surface area contributed by atoms with Gasteiger partial charge in [-0.2, -0.15) is 0 Å². The fourth-order valence-electron chi connectivity index (χ4n) is 1.62. The molecule has 1 rings (SSSR count). The molecule has 0 saturated carbocycles. The molecule has 0 aliphatic heterocycles. The minimum absolute atomic E-state index is 0.0949. The van der Waals surface area contributed by atoms with Gasteiger partial charge in [-0.1, -0.05) is 54.0 Å². The van der Waals surface area contributed by atoms with Crippen molar-refractivity contribution in [3.05, 3.63) is 35.4 Å². The maximum atomic E-state index is 11.9. The predicted molar refractivity (Wildman–Crippen MR) is 75.4 cm³/mol. The van der Waals surface area contributed by atoms with E-state index in [2.05, 4.69) is 35.1 Å². The van der Waals surface area contributed by atoms with Crippen molar-refractivity contribution < 1.29 is 4.79 Å². The van der Waals surface area contributed by atoms with Crippen LogP contribution in [-0.4, -0.2) is 17.3 Å². The highest BCUT2D eigenvalue weighted by atomic mass is 79.9. The van der Waals surface area contributed by atoms with E-state index in [0.29, 0.717) is 12.3 Å². The van der Waals surface area contributed by atoms with Crippen molar-refractivity contribution in [2.45, 2.75) is 33.2 Å². The molecule has 0 spiro atoms. The average Bonchev–Trinajstić information content (AvgIpc) is 2.28. The van der Waals surface area contributed by atoms with E-state index in [-0.39, 0.29) is 11.9 Å². The summed E-state index contributed by atoms with van der Waals surface area (Å²) in [7, 11) is 0. The summed E-state index contributed by atoms with van der Waals surface area (Å²) in [6, 6.07) is 8.21. The van der Waals surface area contributed by atoms with Crippen LogP contribution >= 0.6 is 15.9 Å². The van der Waals surface area contributed by atoms with Crippen molar-refractivity contribution in [1.82, 2.24) is 5.32 Å². The molecule has 0 heterocycles. The topological polar surface area (TPSA) is 29.1 Å². The molecule has 1 aromatic rings. The van der Waals surface area contributed by atoms with Crippen LogP contribution in [0.15, 0.2) is 24.3 Å². The molecule has 2 nitrogen and oxygen atoms in total. The van der Waals surface area contributed by atoms with Gasteiger partial charge in [-0.15, -0.1) is 0 Å². The molecule has 0 bridgehead atoms. The first kappa shape index (κ1) is 14.2. The molecule has 94 valence electrons. The highest BCUT2D eigenvalue weighted by molar-refractivity contribution is 9.09. The van der Waals surface area contributed by atoms with E-state index in [1.54, 1.807) is 0 Å². The highest BCUT2D eigenvalue weighted by Gasteiger charge is 2.15. The standard InChI is InChI=1S/C14H20BrNO/c1-10(2)13(9-15)16-14(17)8-12-7-5-4-6-11(12)3/h4-7,10,13H,8-9H2,1-3H3,(H,16,17). The zero-order valence-corrected chi connectivity index (χ0v) is 12.3. The number of alkyl halides is 1. The monoisotopic (exact) mass is 297 g/mol. The number of rotatable bonds is 5. The largest absolute Gasteiger partial charge is 0.352 e. The minimum atomic E-state index is 0.0949. The first-order valence-corrected chi connectivity index (χ1v) is 7.06. The van der Waals surface area contributed by atoms with Crippen LogP contribution in [0.3, 0.4) is 0 Å². The van der Waals surface area contributed by atoms with Crippen LogP contribution in [0.5, 0.6) is 0 Å². The molecule has 0 fully saturated rings. The molecule has 0 aromatic heterocycles. The third kappa shape index (κ3) is 4.50. The second-order valence-electron chi connectivity index (χ2n) is 4.68. The Hall–Kier alpha value is -0.830. The van der Waals surface area contributed by atoms with Crippen molar-refractivity contribution >= 4 is 21.8 Å². The van der Waals surface area contributed by atoms with E-state index in [9.17, 15) is 4.79 Å². The molecule has 1 aromatic carbocycles. The molecule has 0 radical (unpaired) electrons. The van der Waals surface area contributed by atoms with Gasteiger partial charge in [-0.3, -0.25) is 4.79 Å². The van der Waals surface area contributed by atoms with Crippen molar-refractivity contribution in [3.63, 3.8) is 0 Å². The first-order valence-electron chi connectivity index (χ1n) is 5.94. The van der Waals surface area contributed by atoms with E-state index in [1.165, 1.54) is 5.56 Å². The van der Waals surface area contributed by atoms with Crippen molar-refractivity contribution in [3.8, 4) is 0 Å². The zero-order chi connectivity index (χ0) is 12.8. The van der Waals surface area contributed by atoms with Gasteiger partial charge in [-0.25, -0.2) is 0 Å². The number of hydrogen-bond acceptors (Lipinski definition) is 1. The number of benzene rings is 1.